The van der Waals surface area contributed by atoms with E-state index in [0.29, 0.717) is 13.0 Å². The van der Waals surface area contributed by atoms with E-state index >= 15 is 0 Å². The molecule has 0 aliphatic carbocycles. The van der Waals surface area contributed by atoms with Crippen LogP contribution in [0.1, 0.15) is 12.5 Å². The lowest BCUT2D eigenvalue weighted by atomic mass is 10.1. The first-order valence-electron chi connectivity index (χ1n) is 5.29. The number of nitrogens with one attached hydrogen (secondary N) is 1. The Bertz CT molecular complexity index is 352. The van der Waals surface area contributed by atoms with Crippen LogP contribution in [0.15, 0.2) is 24.3 Å². The molecule has 1 rings (SSSR count). The van der Waals surface area contributed by atoms with Crippen molar-refractivity contribution in [3.05, 3.63) is 29.8 Å². The summed E-state index contributed by atoms with van der Waals surface area (Å²) in [5.41, 5.74) is 0.952. The van der Waals surface area contributed by atoms with Gasteiger partial charge in [-0.1, -0.05) is 12.1 Å². The molecule has 1 aromatic carbocycles. The monoisotopic (exact) mass is 223 g/mol. The summed E-state index contributed by atoms with van der Waals surface area (Å²) >= 11 is 0. The average molecular weight is 223 g/mol. The molecule has 0 radical (unpaired) electrons. The van der Waals surface area contributed by atoms with Crippen LogP contribution >= 0.6 is 0 Å². The molecule has 1 atom stereocenters. The molecule has 0 bridgehead atoms. The van der Waals surface area contributed by atoms with E-state index in [4.69, 9.17) is 9.84 Å². The first-order valence-corrected chi connectivity index (χ1v) is 5.29. The van der Waals surface area contributed by atoms with Crippen LogP contribution in [0.25, 0.3) is 0 Å². The van der Waals surface area contributed by atoms with E-state index in [-0.39, 0.29) is 0 Å². The molecule has 0 amide bonds. The van der Waals surface area contributed by atoms with E-state index in [1.807, 2.05) is 31.2 Å². The molecule has 0 saturated heterocycles. The van der Waals surface area contributed by atoms with E-state index < -0.39 is 12.0 Å². The molecule has 0 fully saturated rings. The van der Waals surface area contributed by atoms with Gasteiger partial charge >= 0.3 is 5.97 Å². The van der Waals surface area contributed by atoms with Gasteiger partial charge < -0.3 is 15.2 Å². The smallest absolute Gasteiger partial charge is 0.321 e. The van der Waals surface area contributed by atoms with Crippen LogP contribution < -0.4 is 10.1 Å². The minimum Gasteiger partial charge on any atom is -0.494 e. The summed E-state index contributed by atoms with van der Waals surface area (Å²) in [6.45, 7) is 2.53. The van der Waals surface area contributed by atoms with Crippen molar-refractivity contribution >= 4 is 5.97 Å². The van der Waals surface area contributed by atoms with Crippen LogP contribution in [0, 0.1) is 0 Å². The quantitative estimate of drug-likeness (QED) is 0.763. The summed E-state index contributed by atoms with van der Waals surface area (Å²) in [5.74, 6) is -0.0652. The summed E-state index contributed by atoms with van der Waals surface area (Å²) in [4.78, 5) is 10.9. The van der Waals surface area contributed by atoms with E-state index in [2.05, 4.69) is 5.32 Å². The van der Waals surface area contributed by atoms with Crippen LogP contribution in [0.2, 0.25) is 0 Å². The maximum absolute atomic E-state index is 10.9. The molecule has 0 spiro atoms. The van der Waals surface area contributed by atoms with Crippen molar-refractivity contribution in [2.75, 3.05) is 13.7 Å². The molecule has 4 heteroatoms. The second-order valence-electron chi connectivity index (χ2n) is 3.46. The van der Waals surface area contributed by atoms with Gasteiger partial charge in [-0.2, -0.15) is 0 Å². The summed E-state index contributed by atoms with van der Waals surface area (Å²) in [5, 5.41) is 11.7. The van der Waals surface area contributed by atoms with Gasteiger partial charge in [0.1, 0.15) is 11.8 Å². The highest BCUT2D eigenvalue weighted by molar-refractivity contribution is 5.73. The molecule has 16 heavy (non-hydrogen) atoms. The zero-order chi connectivity index (χ0) is 12.0. The number of carbonyl (C=O) groups is 1. The Labute approximate surface area is 95.2 Å². The van der Waals surface area contributed by atoms with Crippen LogP contribution in [0.3, 0.4) is 0 Å². The predicted octanol–water partition coefficient (Wildman–Crippen LogP) is 1.30. The Balaban J connectivity index is 2.72. The molecule has 1 aromatic rings. The average Bonchev–Trinajstić information content (AvgIpc) is 2.26. The van der Waals surface area contributed by atoms with Crippen LogP contribution in [-0.4, -0.2) is 30.8 Å². The molecular weight excluding hydrogens is 206 g/mol. The lowest BCUT2D eigenvalue weighted by molar-refractivity contribution is -0.139. The highest BCUT2D eigenvalue weighted by Crippen LogP contribution is 2.14. The Morgan fingerprint density at radius 2 is 2.31 bits per heavy atom. The first-order chi connectivity index (χ1) is 7.67. The van der Waals surface area contributed by atoms with Gasteiger partial charge in [-0.05, 0) is 38.1 Å². The molecule has 0 saturated carbocycles. The standard InChI is InChI=1S/C12H17NO3/c1-3-16-10-6-4-5-9(7-10)8-11(13-2)12(14)15/h4-7,11,13H,3,8H2,1-2H3,(H,14,15). The third-order valence-electron chi connectivity index (χ3n) is 2.30. The van der Waals surface area contributed by atoms with Crippen LogP contribution in [0.5, 0.6) is 5.75 Å². The molecule has 0 heterocycles. The number of rotatable bonds is 6. The van der Waals surface area contributed by atoms with Crippen LogP contribution in [0.4, 0.5) is 0 Å². The summed E-state index contributed by atoms with van der Waals surface area (Å²) < 4.78 is 5.35. The molecule has 0 aliphatic rings. The normalized spacial score (nSPS) is 12.1. The number of likely N-dealkylation sites (N-methyl/N-ethyl adjacent to an activating group) is 1. The minimum atomic E-state index is -0.843. The molecule has 0 aliphatic heterocycles. The van der Waals surface area contributed by atoms with Gasteiger partial charge in [-0.3, -0.25) is 4.79 Å². The summed E-state index contributed by atoms with van der Waals surface area (Å²) in [6, 6.07) is 6.95. The lowest BCUT2D eigenvalue weighted by Gasteiger charge is -2.12. The SMILES string of the molecule is CCOc1cccc(CC(NC)C(=O)O)c1. The Morgan fingerprint density at radius 1 is 1.56 bits per heavy atom. The third-order valence-corrected chi connectivity index (χ3v) is 2.30. The number of benzene rings is 1. The second kappa shape index (κ2) is 6.12. The number of ether oxygens (including phenoxy) is 1. The molecule has 88 valence electrons. The number of hydrogen-bond donors (Lipinski definition) is 2. The van der Waals surface area contributed by atoms with Gasteiger partial charge in [0.25, 0.3) is 0 Å². The minimum absolute atomic E-state index is 0.451. The Morgan fingerprint density at radius 3 is 2.88 bits per heavy atom. The maximum Gasteiger partial charge on any atom is 0.321 e. The van der Waals surface area contributed by atoms with Gasteiger partial charge in [0.15, 0.2) is 0 Å². The van der Waals surface area contributed by atoms with Crippen molar-refractivity contribution in [1.29, 1.82) is 0 Å². The van der Waals surface area contributed by atoms with Crippen LogP contribution in [-0.2, 0) is 11.2 Å². The van der Waals surface area contributed by atoms with E-state index in [0.717, 1.165) is 11.3 Å². The highest BCUT2D eigenvalue weighted by Gasteiger charge is 2.15. The first kappa shape index (κ1) is 12.5. The van der Waals surface area contributed by atoms with Gasteiger partial charge in [-0.25, -0.2) is 0 Å². The highest BCUT2D eigenvalue weighted by atomic mass is 16.5. The second-order valence-corrected chi connectivity index (χ2v) is 3.46. The van der Waals surface area contributed by atoms with E-state index in [1.165, 1.54) is 0 Å². The fourth-order valence-electron chi connectivity index (χ4n) is 1.48. The van der Waals surface area contributed by atoms with Gasteiger partial charge in [0.05, 0.1) is 6.61 Å². The van der Waals surface area contributed by atoms with Gasteiger partial charge in [0, 0.05) is 0 Å². The summed E-state index contributed by atoms with van der Waals surface area (Å²) in [7, 11) is 1.64. The maximum atomic E-state index is 10.9. The van der Waals surface area contributed by atoms with Crippen molar-refractivity contribution < 1.29 is 14.6 Å². The molecule has 2 N–H and O–H groups in total. The fraction of sp³-hybridized carbons (Fsp3) is 0.417. The predicted molar refractivity (Wildman–Crippen MR) is 61.8 cm³/mol. The zero-order valence-electron chi connectivity index (χ0n) is 9.56. The zero-order valence-corrected chi connectivity index (χ0v) is 9.56. The number of aliphatic carboxylic acids is 1. The number of carboxylic acid groups (broad SMARTS) is 1. The molecule has 4 nitrogen and oxygen atoms in total. The largest absolute Gasteiger partial charge is 0.494 e. The fourth-order valence-corrected chi connectivity index (χ4v) is 1.48. The number of hydrogen-bond acceptors (Lipinski definition) is 3. The third kappa shape index (κ3) is 3.55. The van der Waals surface area contributed by atoms with Crippen molar-refractivity contribution in [2.24, 2.45) is 0 Å². The topological polar surface area (TPSA) is 58.6 Å². The van der Waals surface area contributed by atoms with Crippen molar-refractivity contribution in [3.8, 4) is 5.75 Å². The van der Waals surface area contributed by atoms with E-state index in [9.17, 15) is 4.79 Å². The van der Waals surface area contributed by atoms with Crippen molar-refractivity contribution in [1.82, 2.24) is 5.32 Å². The van der Waals surface area contributed by atoms with Crippen molar-refractivity contribution in [3.63, 3.8) is 0 Å². The van der Waals surface area contributed by atoms with Gasteiger partial charge in [-0.15, -0.1) is 0 Å². The lowest BCUT2D eigenvalue weighted by Crippen LogP contribution is -2.35. The van der Waals surface area contributed by atoms with E-state index in [1.54, 1.807) is 7.05 Å². The molecule has 1 unspecified atom stereocenters. The number of carboxylic acids is 1. The molecule has 0 aromatic heterocycles. The Hall–Kier alpha value is -1.55. The summed E-state index contributed by atoms with van der Waals surface area (Å²) in [6.07, 6.45) is 0.451. The molecular formula is C12H17NO3. The van der Waals surface area contributed by atoms with Crippen molar-refractivity contribution in [2.45, 2.75) is 19.4 Å². The Kier molecular flexibility index (Phi) is 4.79. The van der Waals surface area contributed by atoms with Gasteiger partial charge in [0.2, 0.25) is 0 Å².